The lowest BCUT2D eigenvalue weighted by atomic mass is 10.2. The summed E-state index contributed by atoms with van der Waals surface area (Å²) in [4.78, 5) is 25.0. The maximum atomic E-state index is 13.5. The number of methoxy groups -OCH3 is 1. The molecule has 0 saturated carbocycles. The third-order valence-corrected chi connectivity index (χ3v) is 8.18. The number of hydrogen-bond donors (Lipinski definition) is 2. The van der Waals surface area contributed by atoms with Crippen molar-refractivity contribution in [3.8, 4) is 11.5 Å². The van der Waals surface area contributed by atoms with Crippen LogP contribution in [0.25, 0.3) is 0 Å². The van der Waals surface area contributed by atoms with E-state index in [1.807, 2.05) is 6.92 Å². The minimum absolute atomic E-state index is 0.0499. The molecule has 2 amide bonds. The summed E-state index contributed by atoms with van der Waals surface area (Å²) in [5, 5.41) is 7.06. The molecule has 0 heterocycles. The number of carbonyl (C=O) groups is 2. The van der Waals surface area contributed by atoms with Crippen molar-refractivity contribution in [2.75, 3.05) is 29.9 Å². The fourth-order valence-corrected chi connectivity index (χ4v) is 5.40. The van der Waals surface area contributed by atoms with Crippen molar-refractivity contribution in [3.63, 3.8) is 0 Å². The Kier molecular flexibility index (Phi) is 10.4. The molecule has 0 radical (unpaired) electrons. The van der Waals surface area contributed by atoms with Gasteiger partial charge in [-0.1, -0.05) is 41.4 Å². The smallest absolute Gasteiger partial charge is 0.264 e. The van der Waals surface area contributed by atoms with Gasteiger partial charge in [0.25, 0.3) is 21.8 Å². The van der Waals surface area contributed by atoms with E-state index < -0.39 is 22.5 Å². The van der Waals surface area contributed by atoms with E-state index in [1.54, 1.807) is 84.9 Å². The number of hydrogen-bond acceptors (Lipinski definition) is 7. The number of nitrogens with zero attached hydrogens (tertiary/aromatic N) is 2. The molecule has 0 aliphatic rings. The second kappa shape index (κ2) is 14.3. The maximum absolute atomic E-state index is 13.5. The van der Waals surface area contributed by atoms with Gasteiger partial charge < -0.3 is 14.8 Å². The van der Waals surface area contributed by atoms with Gasteiger partial charge in [-0.3, -0.25) is 13.9 Å². The Morgan fingerprint density at radius 2 is 1.53 bits per heavy atom. The molecule has 0 spiro atoms. The summed E-state index contributed by atoms with van der Waals surface area (Å²) in [5.74, 6) is -0.0176. The number of hydrazone groups is 1. The fourth-order valence-electron chi connectivity index (χ4n) is 3.79. The molecule has 43 heavy (non-hydrogen) atoms. The zero-order chi connectivity index (χ0) is 30.8. The number of rotatable bonds is 12. The van der Waals surface area contributed by atoms with Crippen LogP contribution in [-0.2, 0) is 19.6 Å². The molecule has 0 fully saturated rings. The maximum Gasteiger partial charge on any atom is 0.264 e. The van der Waals surface area contributed by atoms with Crippen LogP contribution >= 0.6 is 11.6 Å². The summed E-state index contributed by atoms with van der Waals surface area (Å²) in [6.07, 6.45) is 1.40. The van der Waals surface area contributed by atoms with Gasteiger partial charge in [-0.15, -0.1) is 0 Å². The lowest BCUT2D eigenvalue weighted by Crippen LogP contribution is -2.39. The van der Waals surface area contributed by atoms with Crippen molar-refractivity contribution >= 4 is 51.0 Å². The SMILES string of the molecule is COc1ccc(N(CC(=O)N/N=C\c2ccc(OCC(=O)Nc3ccccc3Cl)cc2)S(=O)(=O)c2ccc(C)cc2)cc1. The lowest BCUT2D eigenvalue weighted by Gasteiger charge is -2.24. The molecular weight excluding hydrogens is 592 g/mol. The number of sulfonamides is 1. The number of para-hydroxylation sites is 1. The standard InChI is InChI=1S/C31H29ClN4O6S/c1-22-7-17-27(18-8-22)43(39,40)36(24-11-15-25(41-2)16-12-24)20-30(37)35-33-19-23-9-13-26(14-10-23)42-21-31(38)34-29-6-4-3-5-28(29)32/h3-19H,20-21H2,1-2H3,(H,34,38)(H,35,37)/b33-19-. The largest absolute Gasteiger partial charge is 0.497 e. The van der Waals surface area contributed by atoms with E-state index in [0.717, 1.165) is 9.87 Å². The zero-order valence-electron chi connectivity index (χ0n) is 23.4. The van der Waals surface area contributed by atoms with Gasteiger partial charge >= 0.3 is 0 Å². The molecule has 2 N–H and O–H groups in total. The normalized spacial score (nSPS) is 11.1. The van der Waals surface area contributed by atoms with Crippen molar-refractivity contribution < 1.29 is 27.5 Å². The fraction of sp³-hybridized carbons (Fsp3) is 0.129. The van der Waals surface area contributed by atoms with Gasteiger partial charge in [0.1, 0.15) is 18.0 Å². The number of carbonyl (C=O) groups excluding carboxylic acids is 2. The Balaban J connectivity index is 1.36. The first-order valence-corrected chi connectivity index (χ1v) is 14.8. The van der Waals surface area contributed by atoms with Gasteiger partial charge in [-0.05, 0) is 85.3 Å². The van der Waals surface area contributed by atoms with E-state index in [-0.39, 0.29) is 23.1 Å². The first kappa shape index (κ1) is 31.1. The van der Waals surface area contributed by atoms with E-state index >= 15 is 0 Å². The molecule has 10 nitrogen and oxygen atoms in total. The van der Waals surface area contributed by atoms with Crippen molar-refractivity contribution in [2.24, 2.45) is 5.10 Å². The molecule has 0 saturated heterocycles. The molecule has 0 atom stereocenters. The van der Waals surface area contributed by atoms with Crippen LogP contribution < -0.4 is 24.5 Å². The van der Waals surface area contributed by atoms with Crippen molar-refractivity contribution in [1.29, 1.82) is 0 Å². The Labute approximate surface area is 254 Å². The van der Waals surface area contributed by atoms with E-state index in [2.05, 4.69) is 15.8 Å². The minimum Gasteiger partial charge on any atom is -0.497 e. The number of amides is 2. The monoisotopic (exact) mass is 620 g/mol. The topological polar surface area (TPSA) is 126 Å². The molecule has 4 rings (SSSR count). The predicted molar refractivity (Wildman–Crippen MR) is 166 cm³/mol. The van der Waals surface area contributed by atoms with Crippen molar-refractivity contribution in [2.45, 2.75) is 11.8 Å². The Morgan fingerprint density at radius 1 is 0.884 bits per heavy atom. The molecule has 0 aliphatic heterocycles. The molecule has 222 valence electrons. The third kappa shape index (κ3) is 8.57. The molecular formula is C31H29ClN4O6S. The molecule has 0 unspecified atom stereocenters. The van der Waals surface area contributed by atoms with Crippen LogP contribution in [0.5, 0.6) is 11.5 Å². The van der Waals surface area contributed by atoms with Gasteiger partial charge in [0.2, 0.25) is 0 Å². The molecule has 0 bridgehead atoms. The molecule has 0 aromatic heterocycles. The summed E-state index contributed by atoms with van der Waals surface area (Å²) in [5.41, 5.74) is 4.69. The van der Waals surface area contributed by atoms with E-state index in [1.165, 1.54) is 25.5 Å². The highest BCUT2D eigenvalue weighted by Gasteiger charge is 2.27. The highest BCUT2D eigenvalue weighted by molar-refractivity contribution is 7.92. The molecule has 0 aliphatic carbocycles. The van der Waals surface area contributed by atoms with Gasteiger partial charge in [-0.25, -0.2) is 13.8 Å². The molecule has 4 aromatic carbocycles. The molecule has 4 aromatic rings. The highest BCUT2D eigenvalue weighted by Crippen LogP contribution is 2.26. The Hall–Kier alpha value is -4.87. The summed E-state index contributed by atoms with van der Waals surface area (Å²) in [6, 6.07) is 26.3. The number of aryl methyl sites for hydroxylation is 1. The van der Waals surface area contributed by atoms with Crippen LogP contribution in [0.2, 0.25) is 5.02 Å². The quantitative estimate of drug-likeness (QED) is 0.169. The van der Waals surface area contributed by atoms with Crippen LogP contribution in [0, 0.1) is 6.92 Å². The second-order valence-corrected chi connectivity index (χ2v) is 11.5. The average Bonchev–Trinajstić information content (AvgIpc) is 3.01. The number of benzene rings is 4. The van der Waals surface area contributed by atoms with Gasteiger partial charge in [0.15, 0.2) is 6.61 Å². The Bertz CT molecular complexity index is 1690. The number of ether oxygens (including phenoxy) is 2. The van der Waals surface area contributed by atoms with Gasteiger partial charge in [0.05, 0.1) is 34.6 Å². The average molecular weight is 621 g/mol. The van der Waals surface area contributed by atoms with E-state index in [9.17, 15) is 18.0 Å². The van der Waals surface area contributed by atoms with Crippen LogP contribution in [0.4, 0.5) is 11.4 Å². The second-order valence-electron chi connectivity index (χ2n) is 9.20. The van der Waals surface area contributed by atoms with Crippen LogP contribution in [0.15, 0.2) is 107 Å². The zero-order valence-corrected chi connectivity index (χ0v) is 24.9. The van der Waals surface area contributed by atoms with E-state index in [4.69, 9.17) is 21.1 Å². The summed E-state index contributed by atoms with van der Waals surface area (Å²) in [6.45, 7) is 1.12. The molecule has 12 heteroatoms. The predicted octanol–water partition coefficient (Wildman–Crippen LogP) is 5.02. The highest BCUT2D eigenvalue weighted by atomic mass is 35.5. The number of anilines is 2. The number of halogens is 1. The first-order valence-electron chi connectivity index (χ1n) is 13.0. The summed E-state index contributed by atoms with van der Waals surface area (Å²) >= 11 is 6.05. The summed E-state index contributed by atoms with van der Waals surface area (Å²) in [7, 11) is -2.56. The summed E-state index contributed by atoms with van der Waals surface area (Å²) < 4.78 is 38.7. The lowest BCUT2D eigenvalue weighted by molar-refractivity contribution is -0.119. The third-order valence-electron chi connectivity index (χ3n) is 6.06. The van der Waals surface area contributed by atoms with Crippen molar-refractivity contribution in [1.82, 2.24) is 5.43 Å². The number of nitrogens with one attached hydrogen (secondary N) is 2. The van der Waals surface area contributed by atoms with Crippen LogP contribution in [0.3, 0.4) is 0 Å². The van der Waals surface area contributed by atoms with Gasteiger partial charge in [0, 0.05) is 0 Å². The first-order chi connectivity index (χ1) is 20.7. The van der Waals surface area contributed by atoms with Crippen molar-refractivity contribution in [3.05, 3.63) is 113 Å². The Morgan fingerprint density at radius 3 is 2.19 bits per heavy atom. The minimum atomic E-state index is -4.07. The van der Waals surface area contributed by atoms with Gasteiger partial charge in [-0.2, -0.15) is 5.10 Å². The van der Waals surface area contributed by atoms with E-state index in [0.29, 0.717) is 27.8 Å². The van der Waals surface area contributed by atoms with Crippen LogP contribution in [0.1, 0.15) is 11.1 Å². The van der Waals surface area contributed by atoms with Crippen LogP contribution in [-0.4, -0.2) is 46.7 Å².